The van der Waals surface area contributed by atoms with Crippen LogP contribution >= 0.6 is 0 Å². The highest BCUT2D eigenvalue weighted by Gasteiger charge is 2.34. The van der Waals surface area contributed by atoms with E-state index in [-0.39, 0.29) is 0 Å². The molecule has 2 saturated heterocycles. The number of rotatable bonds is 1. The maximum atomic E-state index is 5.81. The highest BCUT2D eigenvalue weighted by molar-refractivity contribution is 5.57. The second-order valence-corrected chi connectivity index (χ2v) is 4.13. The van der Waals surface area contributed by atoms with E-state index in [1.165, 1.54) is 0 Å². The quantitative estimate of drug-likeness (QED) is 0.721. The topological polar surface area (TPSA) is 64.3 Å². The van der Waals surface area contributed by atoms with Gasteiger partial charge in [-0.1, -0.05) is 0 Å². The summed E-state index contributed by atoms with van der Waals surface area (Å²) in [5, 5.41) is 0. The van der Waals surface area contributed by atoms with Gasteiger partial charge in [0, 0.05) is 25.5 Å². The van der Waals surface area contributed by atoms with Crippen molar-refractivity contribution in [1.29, 1.82) is 0 Å². The van der Waals surface area contributed by atoms with Crippen molar-refractivity contribution in [3.8, 4) is 0 Å². The van der Waals surface area contributed by atoms with Crippen LogP contribution in [0, 0.1) is 0 Å². The van der Waals surface area contributed by atoms with Crippen molar-refractivity contribution in [2.24, 2.45) is 0 Å². The summed E-state index contributed by atoms with van der Waals surface area (Å²) >= 11 is 0. The van der Waals surface area contributed by atoms with Gasteiger partial charge in [0.2, 0.25) is 0 Å². The first-order chi connectivity index (χ1) is 7.33. The third-order valence-electron chi connectivity index (χ3n) is 3.05. The molecule has 3 heterocycles. The van der Waals surface area contributed by atoms with Crippen molar-refractivity contribution in [3.63, 3.8) is 0 Å². The van der Waals surface area contributed by atoms with E-state index in [4.69, 9.17) is 10.5 Å². The molecule has 0 radical (unpaired) electrons. The molecular formula is C10H14N4O. The minimum absolute atomic E-state index is 0.352. The van der Waals surface area contributed by atoms with Crippen molar-refractivity contribution < 1.29 is 4.74 Å². The summed E-state index contributed by atoms with van der Waals surface area (Å²) in [5.41, 5.74) is 5.81. The van der Waals surface area contributed by atoms with Gasteiger partial charge in [-0.25, -0.2) is 9.97 Å². The summed E-state index contributed by atoms with van der Waals surface area (Å²) < 4.78 is 5.76. The molecule has 5 heteroatoms. The predicted octanol–water partition coefficient (Wildman–Crippen LogP) is 0.426. The maximum Gasteiger partial charge on any atom is 0.171 e. The summed E-state index contributed by atoms with van der Waals surface area (Å²) in [6, 6.07) is 0. The van der Waals surface area contributed by atoms with Crippen molar-refractivity contribution in [2.45, 2.75) is 25.0 Å². The van der Waals surface area contributed by atoms with E-state index in [9.17, 15) is 0 Å². The Kier molecular flexibility index (Phi) is 1.98. The first-order valence-corrected chi connectivity index (χ1v) is 5.30. The van der Waals surface area contributed by atoms with E-state index in [1.54, 1.807) is 12.4 Å². The average molecular weight is 206 g/mol. The number of hydrogen-bond donors (Lipinski definition) is 1. The lowest BCUT2D eigenvalue weighted by Crippen LogP contribution is -2.43. The summed E-state index contributed by atoms with van der Waals surface area (Å²) in [6.45, 7) is 1.78. The number of nitrogens with two attached hydrogens (primary N) is 1. The van der Waals surface area contributed by atoms with Crippen molar-refractivity contribution in [2.75, 3.05) is 23.7 Å². The van der Waals surface area contributed by atoms with Crippen molar-refractivity contribution in [1.82, 2.24) is 9.97 Å². The van der Waals surface area contributed by atoms with Gasteiger partial charge in [-0.3, -0.25) is 0 Å². The number of ether oxygens (including phenoxy) is 1. The van der Waals surface area contributed by atoms with Crippen LogP contribution in [0.5, 0.6) is 0 Å². The van der Waals surface area contributed by atoms with E-state index in [0.717, 1.165) is 31.7 Å². The van der Waals surface area contributed by atoms with Crippen LogP contribution in [-0.2, 0) is 4.74 Å². The molecule has 0 aliphatic carbocycles. The minimum atomic E-state index is 0.352. The normalized spacial score (nSPS) is 29.5. The van der Waals surface area contributed by atoms with Crippen LogP contribution in [0.25, 0.3) is 0 Å². The summed E-state index contributed by atoms with van der Waals surface area (Å²) in [4.78, 5) is 10.5. The lowest BCUT2D eigenvalue weighted by molar-refractivity contribution is 0.0302. The molecule has 0 saturated carbocycles. The molecule has 15 heavy (non-hydrogen) atoms. The van der Waals surface area contributed by atoms with Gasteiger partial charge in [0.05, 0.1) is 12.2 Å². The fraction of sp³-hybridized carbons (Fsp3) is 0.600. The average Bonchev–Trinajstić information content (AvgIpc) is 2.58. The number of morpholine rings is 1. The Morgan fingerprint density at radius 1 is 1.20 bits per heavy atom. The zero-order valence-corrected chi connectivity index (χ0v) is 8.47. The highest BCUT2D eigenvalue weighted by atomic mass is 16.5. The van der Waals surface area contributed by atoms with Crippen LogP contribution in [0.15, 0.2) is 12.4 Å². The molecular weight excluding hydrogens is 192 g/mol. The number of aromatic nitrogens is 2. The zero-order valence-electron chi connectivity index (χ0n) is 8.47. The third kappa shape index (κ3) is 1.52. The molecule has 2 N–H and O–H groups in total. The summed E-state index contributed by atoms with van der Waals surface area (Å²) in [7, 11) is 0. The Morgan fingerprint density at radius 2 is 1.87 bits per heavy atom. The Balaban J connectivity index is 1.86. The molecule has 1 aromatic rings. The van der Waals surface area contributed by atoms with Crippen LogP contribution in [0.3, 0.4) is 0 Å². The predicted molar refractivity (Wildman–Crippen MR) is 56.6 cm³/mol. The Labute approximate surface area is 88.3 Å². The molecule has 2 aliphatic heterocycles. The van der Waals surface area contributed by atoms with Gasteiger partial charge in [-0.05, 0) is 12.8 Å². The van der Waals surface area contributed by atoms with Gasteiger partial charge in [0.1, 0.15) is 0 Å². The minimum Gasteiger partial charge on any atom is -0.381 e. The fourth-order valence-electron chi connectivity index (χ4n) is 2.37. The lowest BCUT2D eigenvalue weighted by Gasteiger charge is -2.33. The van der Waals surface area contributed by atoms with Crippen LogP contribution in [-0.4, -0.2) is 35.3 Å². The van der Waals surface area contributed by atoms with Crippen molar-refractivity contribution in [3.05, 3.63) is 12.4 Å². The SMILES string of the molecule is Nc1nccnc1N1CC2CCC(C1)O2. The second-order valence-electron chi connectivity index (χ2n) is 4.13. The molecule has 3 rings (SSSR count). The van der Waals surface area contributed by atoms with Crippen LogP contribution < -0.4 is 10.6 Å². The van der Waals surface area contributed by atoms with Gasteiger partial charge in [0.25, 0.3) is 0 Å². The molecule has 2 fully saturated rings. The Hall–Kier alpha value is -1.36. The molecule has 2 unspecified atom stereocenters. The first-order valence-electron chi connectivity index (χ1n) is 5.30. The van der Waals surface area contributed by atoms with Crippen LogP contribution in [0.1, 0.15) is 12.8 Å². The first kappa shape index (κ1) is 8.91. The number of anilines is 2. The highest BCUT2D eigenvalue weighted by Crippen LogP contribution is 2.30. The van der Waals surface area contributed by atoms with Gasteiger partial charge >= 0.3 is 0 Å². The van der Waals surface area contributed by atoms with E-state index in [2.05, 4.69) is 14.9 Å². The van der Waals surface area contributed by atoms with Crippen LogP contribution in [0.4, 0.5) is 11.6 Å². The smallest absolute Gasteiger partial charge is 0.171 e. The molecule has 2 bridgehead atoms. The van der Waals surface area contributed by atoms with Crippen molar-refractivity contribution >= 4 is 11.6 Å². The van der Waals surface area contributed by atoms with Gasteiger partial charge in [-0.15, -0.1) is 0 Å². The fourth-order valence-corrected chi connectivity index (χ4v) is 2.37. The van der Waals surface area contributed by atoms with E-state index in [0.29, 0.717) is 18.0 Å². The van der Waals surface area contributed by atoms with E-state index >= 15 is 0 Å². The largest absolute Gasteiger partial charge is 0.381 e. The van der Waals surface area contributed by atoms with Gasteiger partial charge in [0.15, 0.2) is 11.6 Å². The molecule has 0 aromatic carbocycles. The standard InChI is InChI=1S/C10H14N4O/c11-9-10(13-4-3-12-9)14-5-7-1-2-8(6-14)15-7/h3-4,7-8H,1-2,5-6H2,(H2,11,12). The van der Waals surface area contributed by atoms with E-state index in [1.807, 2.05) is 0 Å². The Bertz CT molecular complexity index is 358. The Morgan fingerprint density at radius 3 is 2.53 bits per heavy atom. The number of hydrogen-bond acceptors (Lipinski definition) is 5. The monoisotopic (exact) mass is 206 g/mol. The molecule has 1 aromatic heterocycles. The zero-order chi connectivity index (χ0) is 10.3. The molecule has 2 atom stereocenters. The van der Waals surface area contributed by atoms with Gasteiger partial charge in [-0.2, -0.15) is 0 Å². The number of fused-ring (bicyclic) bond motifs is 2. The molecule has 0 spiro atoms. The number of nitrogen functional groups attached to an aromatic ring is 1. The molecule has 5 nitrogen and oxygen atoms in total. The molecule has 2 aliphatic rings. The van der Waals surface area contributed by atoms with E-state index < -0.39 is 0 Å². The van der Waals surface area contributed by atoms with Crippen LogP contribution in [0.2, 0.25) is 0 Å². The molecule has 0 amide bonds. The lowest BCUT2D eigenvalue weighted by atomic mass is 10.2. The third-order valence-corrected chi connectivity index (χ3v) is 3.05. The molecule has 80 valence electrons. The maximum absolute atomic E-state index is 5.81. The number of nitrogens with zero attached hydrogens (tertiary/aromatic N) is 3. The summed E-state index contributed by atoms with van der Waals surface area (Å²) in [6.07, 6.45) is 6.31. The van der Waals surface area contributed by atoms with Gasteiger partial charge < -0.3 is 15.4 Å². The second kappa shape index (κ2) is 3.34. The summed E-state index contributed by atoms with van der Waals surface area (Å²) in [5.74, 6) is 1.32.